The van der Waals surface area contributed by atoms with Crippen LogP contribution in [0.5, 0.6) is 0 Å². The smallest absolute Gasteiger partial charge is 0.272 e. The van der Waals surface area contributed by atoms with E-state index in [1.807, 2.05) is 31.0 Å². The van der Waals surface area contributed by atoms with Crippen LogP contribution in [0.25, 0.3) is 0 Å². The quantitative estimate of drug-likeness (QED) is 0.873. The molecular formula is C16H22N4OS. The lowest BCUT2D eigenvalue weighted by molar-refractivity contribution is 0.0692. The third kappa shape index (κ3) is 2.92. The van der Waals surface area contributed by atoms with Gasteiger partial charge in [-0.1, -0.05) is 0 Å². The van der Waals surface area contributed by atoms with Gasteiger partial charge in [-0.2, -0.15) is 5.10 Å². The summed E-state index contributed by atoms with van der Waals surface area (Å²) < 4.78 is 1.81. The maximum atomic E-state index is 12.8. The Morgan fingerprint density at radius 3 is 2.95 bits per heavy atom. The molecular weight excluding hydrogens is 296 g/mol. The van der Waals surface area contributed by atoms with Crippen molar-refractivity contribution in [1.82, 2.24) is 19.7 Å². The predicted molar refractivity (Wildman–Crippen MR) is 87.3 cm³/mol. The van der Waals surface area contributed by atoms with E-state index in [2.05, 4.69) is 17.0 Å². The van der Waals surface area contributed by atoms with E-state index in [1.54, 1.807) is 22.2 Å². The van der Waals surface area contributed by atoms with Crippen molar-refractivity contribution in [3.8, 4) is 0 Å². The van der Waals surface area contributed by atoms with Gasteiger partial charge < -0.3 is 4.90 Å². The van der Waals surface area contributed by atoms with Crippen LogP contribution in [0.4, 0.5) is 0 Å². The first kappa shape index (κ1) is 15.2. The largest absolute Gasteiger partial charge is 0.337 e. The standard InChI is InChI=1S/C16H22N4OS/c1-11(2)20-14(6-7-18-20)16(21)19-8-4-5-13(10-19)15-17-9-12(3)22-15/h6-7,9,11,13H,4-5,8,10H2,1-3H3/t13-/m0/s1. The molecule has 0 unspecified atom stereocenters. The average Bonchev–Trinajstić information content (AvgIpc) is 3.15. The fourth-order valence-corrected chi connectivity index (χ4v) is 3.88. The second kappa shape index (κ2) is 6.20. The number of carbonyl (C=O) groups is 1. The van der Waals surface area contributed by atoms with Crippen LogP contribution in [0.15, 0.2) is 18.5 Å². The lowest BCUT2D eigenvalue weighted by Gasteiger charge is -2.32. The van der Waals surface area contributed by atoms with Crippen LogP contribution in [-0.2, 0) is 0 Å². The van der Waals surface area contributed by atoms with Crippen LogP contribution in [0, 0.1) is 6.92 Å². The third-order valence-corrected chi connectivity index (χ3v) is 5.15. The zero-order chi connectivity index (χ0) is 15.7. The Morgan fingerprint density at radius 1 is 1.45 bits per heavy atom. The molecule has 1 fully saturated rings. The van der Waals surface area contributed by atoms with Crippen molar-refractivity contribution in [2.24, 2.45) is 0 Å². The molecule has 5 nitrogen and oxygen atoms in total. The Morgan fingerprint density at radius 2 is 2.27 bits per heavy atom. The monoisotopic (exact) mass is 318 g/mol. The van der Waals surface area contributed by atoms with E-state index in [0.29, 0.717) is 11.6 Å². The van der Waals surface area contributed by atoms with Gasteiger partial charge in [-0.15, -0.1) is 11.3 Å². The summed E-state index contributed by atoms with van der Waals surface area (Å²) in [6.45, 7) is 7.74. The number of amides is 1. The van der Waals surface area contributed by atoms with Gasteiger partial charge in [-0.3, -0.25) is 9.48 Å². The molecule has 1 amide bonds. The minimum atomic E-state index is 0.0872. The fraction of sp³-hybridized carbons (Fsp3) is 0.562. The first-order valence-corrected chi connectivity index (χ1v) is 8.63. The van der Waals surface area contributed by atoms with Gasteiger partial charge in [-0.05, 0) is 39.7 Å². The van der Waals surface area contributed by atoms with Crippen LogP contribution >= 0.6 is 11.3 Å². The molecule has 1 saturated heterocycles. The first-order chi connectivity index (χ1) is 10.6. The summed E-state index contributed by atoms with van der Waals surface area (Å²) in [5.41, 5.74) is 0.686. The number of aromatic nitrogens is 3. The molecule has 0 spiro atoms. The summed E-state index contributed by atoms with van der Waals surface area (Å²) in [4.78, 5) is 20.5. The first-order valence-electron chi connectivity index (χ1n) is 7.81. The summed E-state index contributed by atoms with van der Waals surface area (Å²) in [6, 6.07) is 2.01. The Balaban J connectivity index is 1.77. The average molecular weight is 318 g/mol. The van der Waals surface area contributed by atoms with E-state index in [1.165, 1.54) is 4.88 Å². The SMILES string of the molecule is Cc1cnc([C@H]2CCCN(C(=O)c3ccnn3C(C)C)C2)s1. The van der Waals surface area contributed by atoms with Crippen molar-refractivity contribution in [2.75, 3.05) is 13.1 Å². The molecule has 1 atom stereocenters. The maximum Gasteiger partial charge on any atom is 0.272 e. The zero-order valence-electron chi connectivity index (χ0n) is 13.3. The highest BCUT2D eigenvalue weighted by molar-refractivity contribution is 7.11. The molecule has 2 aromatic heterocycles. The molecule has 0 bridgehead atoms. The minimum absolute atomic E-state index is 0.0872. The number of hydrogen-bond acceptors (Lipinski definition) is 4. The molecule has 3 heterocycles. The number of thiazole rings is 1. The molecule has 0 saturated carbocycles. The number of nitrogens with zero attached hydrogens (tertiary/aromatic N) is 4. The molecule has 0 aliphatic carbocycles. The second-order valence-electron chi connectivity index (χ2n) is 6.15. The zero-order valence-corrected chi connectivity index (χ0v) is 14.1. The number of aryl methyl sites for hydroxylation is 1. The molecule has 118 valence electrons. The third-order valence-electron chi connectivity index (χ3n) is 4.08. The highest BCUT2D eigenvalue weighted by Gasteiger charge is 2.28. The van der Waals surface area contributed by atoms with Crippen LogP contribution in [-0.4, -0.2) is 38.7 Å². The summed E-state index contributed by atoms with van der Waals surface area (Å²) in [6.07, 6.45) is 5.78. The van der Waals surface area contributed by atoms with Gasteiger partial charge in [-0.25, -0.2) is 4.98 Å². The minimum Gasteiger partial charge on any atom is -0.337 e. The van der Waals surface area contributed by atoms with E-state index >= 15 is 0 Å². The fourth-order valence-electron chi connectivity index (χ4n) is 2.98. The number of piperidine rings is 1. The molecule has 3 rings (SSSR count). The normalized spacial score (nSPS) is 18.9. The van der Waals surface area contributed by atoms with Crippen molar-refractivity contribution in [3.63, 3.8) is 0 Å². The van der Waals surface area contributed by atoms with Gasteiger partial charge in [0.25, 0.3) is 5.91 Å². The number of rotatable bonds is 3. The Kier molecular flexibility index (Phi) is 4.29. The summed E-state index contributed by atoms with van der Waals surface area (Å²) in [7, 11) is 0. The molecule has 0 aromatic carbocycles. The molecule has 22 heavy (non-hydrogen) atoms. The van der Waals surface area contributed by atoms with Gasteiger partial charge in [0.05, 0.1) is 5.01 Å². The summed E-state index contributed by atoms with van der Waals surface area (Å²) in [5.74, 6) is 0.455. The van der Waals surface area contributed by atoms with Crippen molar-refractivity contribution in [3.05, 3.63) is 34.0 Å². The molecule has 0 radical (unpaired) electrons. The lowest BCUT2D eigenvalue weighted by Crippen LogP contribution is -2.40. The van der Waals surface area contributed by atoms with Gasteiger partial charge in [0.1, 0.15) is 5.69 Å². The molecule has 1 aliphatic heterocycles. The topological polar surface area (TPSA) is 51.0 Å². The van der Waals surface area contributed by atoms with Gasteiger partial charge in [0, 0.05) is 42.3 Å². The second-order valence-corrected chi connectivity index (χ2v) is 7.42. The molecule has 2 aromatic rings. The van der Waals surface area contributed by atoms with Gasteiger partial charge >= 0.3 is 0 Å². The molecule has 6 heteroatoms. The van der Waals surface area contributed by atoms with Crippen molar-refractivity contribution in [2.45, 2.75) is 45.6 Å². The van der Waals surface area contributed by atoms with Crippen molar-refractivity contribution in [1.29, 1.82) is 0 Å². The van der Waals surface area contributed by atoms with E-state index in [-0.39, 0.29) is 11.9 Å². The predicted octanol–water partition coefficient (Wildman–Crippen LogP) is 3.25. The van der Waals surface area contributed by atoms with Crippen LogP contribution in [0.2, 0.25) is 0 Å². The van der Waals surface area contributed by atoms with E-state index < -0.39 is 0 Å². The van der Waals surface area contributed by atoms with Crippen LogP contribution in [0.1, 0.15) is 59.0 Å². The Hall–Kier alpha value is -1.69. The van der Waals surface area contributed by atoms with Gasteiger partial charge in [0.15, 0.2) is 0 Å². The Bertz CT molecular complexity index is 661. The van der Waals surface area contributed by atoms with Crippen LogP contribution < -0.4 is 0 Å². The summed E-state index contributed by atoms with van der Waals surface area (Å²) in [5, 5.41) is 5.43. The van der Waals surface area contributed by atoms with E-state index in [0.717, 1.165) is 30.9 Å². The number of hydrogen-bond donors (Lipinski definition) is 0. The number of carbonyl (C=O) groups excluding carboxylic acids is 1. The van der Waals surface area contributed by atoms with E-state index in [4.69, 9.17) is 0 Å². The Labute approximate surface area is 135 Å². The lowest BCUT2D eigenvalue weighted by atomic mass is 9.98. The van der Waals surface area contributed by atoms with Crippen molar-refractivity contribution >= 4 is 17.2 Å². The highest BCUT2D eigenvalue weighted by Crippen LogP contribution is 2.30. The maximum absolute atomic E-state index is 12.8. The molecule has 0 N–H and O–H groups in total. The number of likely N-dealkylation sites (tertiary alicyclic amines) is 1. The summed E-state index contributed by atoms with van der Waals surface area (Å²) >= 11 is 1.75. The van der Waals surface area contributed by atoms with E-state index in [9.17, 15) is 4.79 Å². The van der Waals surface area contributed by atoms with Crippen molar-refractivity contribution < 1.29 is 4.79 Å². The molecule has 1 aliphatic rings. The van der Waals surface area contributed by atoms with Gasteiger partial charge in [0.2, 0.25) is 0 Å². The van der Waals surface area contributed by atoms with Crippen LogP contribution in [0.3, 0.4) is 0 Å². The highest BCUT2D eigenvalue weighted by atomic mass is 32.1.